The van der Waals surface area contributed by atoms with Crippen LogP contribution in [0.15, 0.2) is 81.2 Å². The molecule has 2 bridgehead atoms. The minimum atomic E-state index is -0.851. The van der Waals surface area contributed by atoms with Crippen molar-refractivity contribution in [3.05, 3.63) is 139 Å². The molecule has 3 fully saturated rings. The molecule has 0 unspecified atom stereocenters. The van der Waals surface area contributed by atoms with Gasteiger partial charge in [0.25, 0.3) is 5.91 Å². The average molecular weight is 909 g/mol. The second-order valence-electron chi connectivity index (χ2n) is 19.9. The summed E-state index contributed by atoms with van der Waals surface area (Å²) in [6, 6.07) is 14.3. The van der Waals surface area contributed by atoms with Crippen molar-refractivity contribution in [3.63, 3.8) is 0 Å². The van der Waals surface area contributed by atoms with Crippen molar-refractivity contribution in [2.45, 2.75) is 109 Å². The van der Waals surface area contributed by atoms with Crippen molar-refractivity contribution in [1.82, 2.24) is 48.3 Å². The molecule has 17 heteroatoms. The van der Waals surface area contributed by atoms with Crippen LogP contribution in [0.3, 0.4) is 0 Å². The summed E-state index contributed by atoms with van der Waals surface area (Å²) in [5.41, 5.74) is 4.25. The van der Waals surface area contributed by atoms with Gasteiger partial charge < -0.3 is 14.2 Å². The van der Waals surface area contributed by atoms with Crippen molar-refractivity contribution in [2.75, 3.05) is 6.61 Å². The second kappa shape index (κ2) is 14.6. The molecule has 1 amide bonds. The Kier molecular flexibility index (Phi) is 9.03. The quantitative estimate of drug-likeness (QED) is 0.169. The Bertz CT molecular complexity index is 3470. The van der Waals surface area contributed by atoms with Crippen LogP contribution in [0.5, 0.6) is 0 Å². The number of piperidine rings is 1. The van der Waals surface area contributed by atoms with E-state index in [9.17, 15) is 9.59 Å². The smallest absolute Gasteiger partial charge is 0.376 e. The van der Waals surface area contributed by atoms with E-state index < -0.39 is 28.8 Å². The lowest BCUT2D eigenvalue weighted by molar-refractivity contribution is -0.0592. The minimum absolute atomic E-state index is 0.00546. The van der Waals surface area contributed by atoms with Crippen molar-refractivity contribution in [3.8, 4) is 17.2 Å². The summed E-state index contributed by atoms with van der Waals surface area (Å²) in [4.78, 5) is 48.1. The van der Waals surface area contributed by atoms with Gasteiger partial charge in [0.1, 0.15) is 22.9 Å². The zero-order valence-corrected chi connectivity index (χ0v) is 38.1. The first kappa shape index (κ1) is 41.5. The van der Waals surface area contributed by atoms with Gasteiger partial charge in [0.05, 0.1) is 45.8 Å². The summed E-state index contributed by atoms with van der Waals surface area (Å²) in [6.07, 6.45) is 9.46. The van der Waals surface area contributed by atoms with Crippen LogP contribution in [0.4, 0.5) is 8.78 Å². The molecule has 1 N–H and O–H groups in total. The normalized spacial score (nSPS) is 23.3. The van der Waals surface area contributed by atoms with E-state index in [4.69, 9.17) is 14.4 Å². The number of amides is 1. The van der Waals surface area contributed by atoms with Gasteiger partial charge in [-0.2, -0.15) is 10.2 Å². The van der Waals surface area contributed by atoms with Gasteiger partial charge >= 0.3 is 11.4 Å². The van der Waals surface area contributed by atoms with Crippen LogP contribution in [0, 0.1) is 31.4 Å². The molecule has 344 valence electrons. The molecule has 5 aromatic heterocycles. The fourth-order valence-corrected chi connectivity index (χ4v) is 11.9. The topological polar surface area (TPSA) is 156 Å². The van der Waals surface area contributed by atoms with E-state index in [2.05, 4.69) is 58.8 Å². The lowest BCUT2D eigenvalue weighted by Gasteiger charge is -2.46. The second-order valence-corrected chi connectivity index (χ2v) is 19.9. The van der Waals surface area contributed by atoms with E-state index in [0.717, 1.165) is 42.3 Å². The number of aryl methyl sites for hydroxylation is 3. The molecule has 0 spiro atoms. The van der Waals surface area contributed by atoms with Crippen molar-refractivity contribution >= 4 is 27.7 Å². The lowest BCUT2D eigenvalue weighted by Crippen LogP contribution is -2.50. The molecular formula is C50H50F2N10O5. The Morgan fingerprint density at radius 1 is 0.925 bits per heavy atom. The largest absolute Gasteiger partial charge is 0.438 e. The highest BCUT2D eigenvalue weighted by Crippen LogP contribution is 2.56. The van der Waals surface area contributed by atoms with Crippen LogP contribution in [-0.2, 0) is 23.7 Å². The third kappa shape index (κ3) is 6.15. The number of aromatic nitrogens is 9. The monoisotopic (exact) mass is 908 g/mol. The van der Waals surface area contributed by atoms with Gasteiger partial charge in [-0.25, -0.2) is 23.1 Å². The number of hydrogen-bond acceptors (Lipinski definition) is 8. The third-order valence-corrected chi connectivity index (χ3v) is 15.2. The van der Waals surface area contributed by atoms with Gasteiger partial charge in [0, 0.05) is 55.0 Å². The maximum atomic E-state index is 16.2. The third-order valence-electron chi connectivity index (χ3n) is 15.2. The molecule has 0 radical (unpaired) electrons. The summed E-state index contributed by atoms with van der Waals surface area (Å²) >= 11 is 0. The van der Waals surface area contributed by atoms with E-state index in [1.54, 1.807) is 60.7 Å². The van der Waals surface area contributed by atoms with Gasteiger partial charge in [0.15, 0.2) is 11.6 Å². The minimum Gasteiger partial charge on any atom is -0.376 e. The maximum Gasteiger partial charge on any atom is 0.438 e. The summed E-state index contributed by atoms with van der Waals surface area (Å²) in [6.45, 7) is 10.4. The zero-order chi connectivity index (χ0) is 46.4. The molecule has 8 heterocycles. The summed E-state index contributed by atoms with van der Waals surface area (Å²) < 4.78 is 50.7. The number of carbonyl (C=O) groups excluding carboxylic acids is 1. The number of halogens is 2. The fourth-order valence-electron chi connectivity index (χ4n) is 11.9. The lowest BCUT2D eigenvalue weighted by atomic mass is 9.82. The van der Waals surface area contributed by atoms with Gasteiger partial charge in [-0.1, -0.05) is 18.1 Å². The molecule has 5 atom stereocenters. The summed E-state index contributed by atoms with van der Waals surface area (Å²) in [7, 11) is 1.73. The molecule has 2 saturated heterocycles. The van der Waals surface area contributed by atoms with Crippen molar-refractivity contribution < 1.29 is 22.8 Å². The highest BCUT2D eigenvalue weighted by Gasteiger charge is 2.59. The highest BCUT2D eigenvalue weighted by molar-refractivity contribution is 6.00. The van der Waals surface area contributed by atoms with Crippen LogP contribution >= 0.6 is 0 Å². The van der Waals surface area contributed by atoms with Crippen LogP contribution in [0.1, 0.15) is 116 Å². The Morgan fingerprint density at radius 2 is 1.69 bits per heavy atom. The number of H-pyrrole nitrogens is 1. The number of nitrogens with one attached hydrogen (secondary N) is 1. The van der Waals surface area contributed by atoms with Gasteiger partial charge in [0.2, 0.25) is 0 Å². The van der Waals surface area contributed by atoms with E-state index in [0.29, 0.717) is 71.1 Å². The number of carbonyl (C=O) groups is 1. The van der Waals surface area contributed by atoms with Crippen LogP contribution in [0.2, 0.25) is 0 Å². The number of aromatic amines is 1. The van der Waals surface area contributed by atoms with E-state index in [-0.39, 0.29) is 46.3 Å². The molecule has 3 aliphatic heterocycles. The molecule has 3 aromatic carbocycles. The number of fused-ring (bicyclic) bond motifs is 6. The molecule has 8 aromatic rings. The number of nitrogens with zero attached hydrogens (tertiary/aromatic N) is 9. The Morgan fingerprint density at radius 3 is 2.42 bits per heavy atom. The van der Waals surface area contributed by atoms with Crippen LogP contribution in [0.25, 0.3) is 39.0 Å². The molecular weight excluding hydrogens is 859 g/mol. The molecule has 15 nitrogen and oxygen atoms in total. The molecule has 4 aliphatic rings. The fraction of sp³-hybridized carbons (Fsp3) is 0.400. The zero-order valence-electron chi connectivity index (χ0n) is 38.1. The number of benzene rings is 3. The highest BCUT2D eigenvalue weighted by atomic mass is 19.1. The average Bonchev–Trinajstić information content (AvgIpc) is 3.92. The van der Waals surface area contributed by atoms with Crippen LogP contribution in [-0.4, -0.2) is 72.5 Å². The maximum absolute atomic E-state index is 16.2. The molecule has 1 aliphatic carbocycles. The van der Waals surface area contributed by atoms with E-state index in [1.807, 2.05) is 11.0 Å². The SMILES string of the molecule is Cc1cc(-n2nc3c(c2-n2ccn(-c4ccc5c(cnn5C)c4F)c2=O)[C@@H]2CCC[C@H](C3)N2C(=O)c2cc3cc([C@H]4CCOC(C)(C)C4)ccc3n2[C@@]2(c3noc(=O)[nH]3)C[C@@H]2C)cc(C)c1F. The van der Waals surface area contributed by atoms with Crippen LogP contribution < -0.4 is 11.4 Å². The van der Waals surface area contributed by atoms with Gasteiger partial charge in [-0.15, -0.1) is 0 Å². The predicted octanol–water partition coefficient (Wildman–Crippen LogP) is 7.97. The molecule has 67 heavy (non-hydrogen) atoms. The number of ether oxygens (including phenoxy) is 1. The first-order valence-corrected chi connectivity index (χ1v) is 23.1. The summed E-state index contributed by atoms with van der Waals surface area (Å²) in [5, 5.41) is 14.8. The Balaban J connectivity index is 1.03. The van der Waals surface area contributed by atoms with E-state index in [1.165, 1.54) is 27.1 Å². The molecule has 12 rings (SSSR count). The Labute approximate surface area is 382 Å². The first-order chi connectivity index (χ1) is 32.1. The predicted molar refractivity (Wildman–Crippen MR) is 244 cm³/mol. The molecule has 1 saturated carbocycles. The van der Waals surface area contributed by atoms with Gasteiger partial charge in [-0.3, -0.25) is 28.1 Å². The van der Waals surface area contributed by atoms with E-state index >= 15 is 13.6 Å². The standard InChI is InChI=1S/C50H50F2N10O5/c1-26-18-33(19-27(2)42(26)51)62-44(59-16-15-58(48(59)65)39-13-12-37-34(43(39)52)25-53-57(37)6)41-35(55-62)22-32-8-7-9-38(41)60(32)45(63)40-21-31-20-29(30-14-17-66-49(4,5)24-30)10-11-36(31)61(40)50(23-28(50)3)46-54-47(64)67-56-46/h10-13,15-16,18-21,25,28,30,32,38H,7-9,14,17,22-24H2,1-6H3,(H,54,56,64)/t28-,30-,32+,38-,50-/m0/s1. The summed E-state index contributed by atoms with van der Waals surface area (Å²) in [5.74, 6) is -0.750. The Hall–Kier alpha value is -6.88. The van der Waals surface area contributed by atoms with Gasteiger partial charge in [-0.05, 0) is 137 Å². The van der Waals surface area contributed by atoms with Crippen molar-refractivity contribution in [1.29, 1.82) is 0 Å². The number of imidazole rings is 1. The first-order valence-electron chi connectivity index (χ1n) is 23.1. The number of rotatable bonds is 7. The number of hydrogen-bond donors (Lipinski definition) is 1. The van der Waals surface area contributed by atoms with Crippen molar-refractivity contribution in [2.24, 2.45) is 13.0 Å².